The van der Waals surface area contributed by atoms with Crippen LogP contribution in [-0.2, 0) is 0 Å². The molecule has 0 aromatic rings. The summed E-state index contributed by atoms with van der Waals surface area (Å²) >= 11 is 0. The van der Waals surface area contributed by atoms with Gasteiger partial charge in [0, 0.05) is 18.6 Å². The number of rotatable bonds is 7. The van der Waals surface area contributed by atoms with Gasteiger partial charge in [0.15, 0.2) is 0 Å². The Morgan fingerprint density at radius 3 is 2.44 bits per heavy atom. The van der Waals surface area contributed by atoms with Crippen LogP contribution in [0, 0.1) is 5.92 Å². The van der Waals surface area contributed by atoms with Crippen molar-refractivity contribution in [1.29, 1.82) is 0 Å². The lowest BCUT2D eigenvalue weighted by Crippen LogP contribution is -2.44. The highest BCUT2D eigenvalue weighted by atomic mass is 15.1. The summed E-state index contributed by atoms with van der Waals surface area (Å²) in [7, 11) is 0. The molecule has 2 atom stereocenters. The zero-order valence-electron chi connectivity index (χ0n) is 13.0. The van der Waals surface area contributed by atoms with Gasteiger partial charge in [-0.1, -0.05) is 33.1 Å². The van der Waals surface area contributed by atoms with Gasteiger partial charge in [0.1, 0.15) is 0 Å². The average Bonchev–Trinajstić information content (AvgIpc) is 2.58. The summed E-state index contributed by atoms with van der Waals surface area (Å²) in [6.07, 6.45) is 8.36. The predicted molar refractivity (Wildman–Crippen MR) is 81.0 cm³/mol. The maximum atomic E-state index is 3.80. The van der Waals surface area contributed by atoms with Crippen molar-refractivity contribution in [3.8, 4) is 0 Å². The van der Waals surface area contributed by atoms with Gasteiger partial charge in [-0.2, -0.15) is 0 Å². The SMILES string of the molecule is CCCNC1CCCCCC1CN(CC)C(C)C. The molecule has 0 saturated heterocycles. The van der Waals surface area contributed by atoms with Crippen molar-refractivity contribution in [1.82, 2.24) is 10.2 Å². The quantitative estimate of drug-likeness (QED) is 0.697. The molecule has 0 bridgehead atoms. The molecule has 108 valence electrons. The zero-order valence-corrected chi connectivity index (χ0v) is 13.0. The van der Waals surface area contributed by atoms with E-state index in [2.05, 4.69) is 37.9 Å². The van der Waals surface area contributed by atoms with E-state index >= 15 is 0 Å². The van der Waals surface area contributed by atoms with Crippen LogP contribution in [0.3, 0.4) is 0 Å². The molecule has 0 aromatic carbocycles. The van der Waals surface area contributed by atoms with Crippen LogP contribution in [0.4, 0.5) is 0 Å². The number of hydrogen-bond acceptors (Lipinski definition) is 2. The summed E-state index contributed by atoms with van der Waals surface area (Å²) in [4.78, 5) is 2.64. The minimum atomic E-state index is 0.685. The molecule has 18 heavy (non-hydrogen) atoms. The minimum absolute atomic E-state index is 0.685. The van der Waals surface area contributed by atoms with Gasteiger partial charge >= 0.3 is 0 Å². The Morgan fingerprint density at radius 2 is 1.83 bits per heavy atom. The standard InChI is InChI=1S/C16H34N2/c1-5-12-17-16-11-9-7-8-10-15(16)13-18(6-2)14(3)4/h14-17H,5-13H2,1-4H3. The van der Waals surface area contributed by atoms with Crippen molar-refractivity contribution in [3.05, 3.63) is 0 Å². The Balaban J connectivity index is 2.54. The van der Waals surface area contributed by atoms with Crippen LogP contribution in [0.1, 0.15) is 66.2 Å². The van der Waals surface area contributed by atoms with E-state index in [0.29, 0.717) is 6.04 Å². The fraction of sp³-hybridized carbons (Fsp3) is 1.00. The lowest BCUT2D eigenvalue weighted by molar-refractivity contribution is 0.168. The summed E-state index contributed by atoms with van der Waals surface area (Å²) in [5, 5.41) is 3.80. The van der Waals surface area contributed by atoms with E-state index in [1.54, 1.807) is 0 Å². The van der Waals surface area contributed by atoms with Gasteiger partial charge in [-0.25, -0.2) is 0 Å². The Hall–Kier alpha value is -0.0800. The highest BCUT2D eigenvalue weighted by Crippen LogP contribution is 2.25. The second kappa shape index (κ2) is 8.92. The van der Waals surface area contributed by atoms with Gasteiger partial charge < -0.3 is 10.2 Å². The molecule has 0 aromatic heterocycles. The zero-order chi connectivity index (χ0) is 13.4. The molecule has 1 N–H and O–H groups in total. The lowest BCUT2D eigenvalue weighted by Gasteiger charge is -2.33. The molecule has 1 fully saturated rings. The molecular formula is C16H34N2. The molecule has 0 spiro atoms. The average molecular weight is 254 g/mol. The monoisotopic (exact) mass is 254 g/mol. The van der Waals surface area contributed by atoms with Gasteiger partial charge in [-0.15, -0.1) is 0 Å². The molecule has 1 rings (SSSR count). The van der Waals surface area contributed by atoms with E-state index in [0.717, 1.165) is 12.0 Å². The van der Waals surface area contributed by atoms with E-state index in [1.165, 1.54) is 58.2 Å². The van der Waals surface area contributed by atoms with E-state index in [1.807, 2.05) is 0 Å². The second-order valence-corrected chi connectivity index (χ2v) is 6.14. The Kier molecular flexibility index (Phi) is 7.92. The first-order valence-corrected chi connectivity index (χ1v) is 8.16. The molecule has 1 aliphatic rings. The van der Waals surface area contributed by atoms with Crippen molar-refractivity contribution < 1.29 is 0 Å². The number of nitrogens with zero attached hydrogens (tertiary/aromatic N) is 1. The van der Waals surface area contributed by atoms with Crippen molar-refractivity contribution in [2.24, 2.45) is 5.92 Å². The summed E-state index contributed by atoms with van der Waals surface area (Å²) in [6, 6.07) is 1.45. The first-order valence-electron chi connectivity index (χ1n) is 8.16. The second-order valence-electron chi connectivity index (χ2n) is 6.14. The minimum Gasteiger partial charge on any atom is -0.314 e. The van der Waals surface area contributed by atoms with Gasteiger partial charge in [0.25, 0.3) is 0 Å². The smallest absolute Gasteiger partial charge is 0.0107 e. The molecule has 1 saturated carbocycles. The molecule has 2 heteroatoms. The highest BCUT2D eigenvalue weighted by molar-refractivity contribution is 4.82. The third-order valence-corrected chi connectivity index (χ3v) is 4.42. The number of hydrogen-bond donors (Lipinski definition) is 1. The first kappa shape index (κ1) is 16.0. The van der Waals surface area contributed by atoms with Crippen molar-refractivity contribution >= 4 is 0 Å². The van der Waals surface area contributed by atoms with Crippen LogP contribution in [0.2, 0.25) is 0 Å². The summed E-state index contributed by atoms with van der Waals surface area (Å²) in [6.45, 7) is 12.9. The fourth-order valence-corrected chi connectivity index (χ4v) is 3.21. The fourth-order valence-electron chi connectivity index (χ4n) is 3.21. The van der Waals surface area contributed by atoms with Crippen molar-refractivity contribution in [2.45, 2.75) is 78.3 Å². The predicted octanol–water partition coefficient (Wildman–Crippen LogP) is 3.67. The summed E-state index contributed by atoms with van der Waals surface area (Å²) in [5.41, 5.74) is 0. The van der Waals surface area contributed by atoms with E-state index < -0.39 is 0 Å². The first-order chi connectivity index (χ1) is 8.69. The third-order valence-electron chi connectivity index (χ3n) is 4.42. The summed E-state index contributed by atoms with van der Waals surface area (Å²) < 4.78 is 0. The van der Waals surface area contributed by atoms with Crippen LogP contribution >= 0.6 is 0 Å². The van der Waals surface area contributed by atoms with E-state index in [4.69, 9.17) is 0 Å². The van der Waals surface area contributed by atoms with Crippen LogP contribution in [-0.4, -0.2) is 36.6 Å². The third kappa shape index (κ3) is 5.27. The van der Waals surface area contributed by atoms with E-state index in [9.17, 15) is 0 Å². The van der Waals surface area contributed by atoms with Crippen LogP contribution in [0.25, 0.3) is 0 Å². The van der Waals surface area contributed by atoms with Gasteiger partial charge in [0.05, 0.1) is 0 Å². The van der Waals surface area contributed by atoms with Crippen molar-refractivity contribution in [3.63, 3.8) is 0 Å². The molecule has 0 amide bonds. The van der Waals surface area contributed by atoms with Crippen molar-refractivity contribution in [2.75, 3.05) is 19.6 Å². The molecular weight excluding hydrogens is 220 g/mol. The largest absolute Gasteiger partial charge is 0.314 e. The maximum Gasteiger partial charge on any atom is 0.0107 e. The molecule has 0 radical (unpaired) electrons. The van der Waals surface area contributed by atoms with Crippen LogP contribution in [0.5, 0.6) is 0 Å². The van der Waals surface area contributed by atoms with Crippen LogP contribution in [0.15, 0.2) is 0 Å². The normalized spacial score (nSPS) is 25.7. The summed E-state index contributed by atoms with van der Waals surface area (Å²) in [5.74, 6) is 0.862. The Morgan fingerprint density at radius 1 is 1.11 bits per heavy atom. The molecule has 2 nitrogen and oxygen atoms in total. The Bertz CT molecular complexity index is 203. The van der Waals surface area contributed by atoms with Gasteiger partial charge in [-0.3, -0.25) is 0 Å². The van der Waals surface area contributed by atoms with Gasteiger partial charge in [0.2, 0.25) is 0 Å². The molecule has 2 unspecified atom stereocenters. The lowest BCUT2D eigenvalue weighted by atomic mass is 9.93. The number of nitrogens with one attached hydrogen (secondary N) is 1. The highest BCUT2D eigenvalue weighted by Gasteiger charge is 2.25. The molecule has 1 aliphatic carbocycles. The maximum absolute atomic E-state index is 3.80. The molecule has 0 aliphatic heterocycles. The molecule has 0 heterocycles. The van der Waals surface area contributed by atoms with E-state index in [-0.39, 0.29) is 0 Å². The van der Waals surface area contributed by atoms with Gasteiger partial charge in [-0.05, 0) is 52.1 Å². The topological polar surface area (TPSA) is 15.3 Å². The Labute approximate surface area is 115 Å². The van der Waals surface area contributed by atoms with Crippen LogP contribution < -0.4 is 5.32 Å².